The number of nitrogens with two attached hydrogens (primary N) is 1. The van der Waals surface area contributed by atoms with Crippen LogP contribution in [0.5, 0.6) is 0 Å². The Morgan fingerprint density at radius 2 is 1.78 bits per heavy atom. The summed E-state index contributed by atoms with van der Waals surface area (Å²) in [6, 6.07) is 7.98. The molecule has 0 aromatic heterocycles. The van der Waals surface area contributed by atoms with Crippen LogP contribution in [-0.4, -0.2) is 0 Å². The van der Waals surface area contributed by atoms with Gasteiger partial charge in [0.2, 0.25) is 0 Å². The Labute approximate surface area is 109 Å². The fourth-order valence-electron chi connectivity index (χ4n) is 1.87. The molecule has 18 heavy (non-hydrogen) atoms. The maximum Gasteiger partial charge on any atom is 0.131 e. The first-order valence-electron chi connectivity index (χ1n) is 5.45. The van der Waals surface area contributed by atoms with Gasteiger partial charge < -0.3 is 5.73 Å². The molecule has 2 aromatic carbocycles. The molecular weight excluding hydrogens is 256 g/mol. The molecule has 0 aliphatic rings. The van der Waals surface area contributed by atoms with E-state index in [4.69, 9.17) is 17.3 Å². The number of hydrogen-bond acceptors (Lipinski definition) is 1. The van der Waals surface area contributed by atoms with E-state index in [1.54, 1.807) is 12.1 Å². The fraction of sp³-hybridized carbons (Fsp3) is 0.143. The van der Waals surface area contributed by atoms with E-state index in [-0.39, 0.29) is 5.56 Å². The average molecular weight is 268 g/mol. The lowest BCUT2D eigenvalue weighted by Gasteiger charge is -2.16. The summed E-state index contributed by atoms with van der Waals surface area (Å²) in [4.78, 5) is 0. The summed E-state index contributed by atoms with van der Waals surface area (Å²) in [5.41, 5.74) is 7.91. The molecule has 0 aliphatic heterocycles. The first-order valence-corrected chi connectivity index (χ1v) is 5.83. The van der Waals surface area contributed by atoms with Gasteiger partial charge in [0.05, 0.1) is 6.04 Å². The van der Waals surface area contributed by atoms with Crippen LogP contribution in [0.4, 0.5) is 8.78 Å². The van der Waals surface area contributed by atoms with E-state index in [0.29, 0.717) is 5.02 Å². The van der Waals surface area contributed by atoms with Crippen LogP contribution in [0, 0.1) is 18.6 Å². The summed E-state index contributed by atoms with van der Waals surface area (Å²) >= 11 is 5.90. The van der Waals surface area contributed by atoms with Gasteiger partial charge in [-0.3, -0.25) is 0 Å². The molecule has 2 N–H and O–H groups in total. The minimum absolute atomic E-state index is 0.252. The molecular formula is C14H12ClF2N. The zero-order chi connectivity index (χ0) is 13.3. The molecule has 2 aromatic rings. The maximum atomic E-state index is 13.7. The standard InChI is InChI=1S/C14H12ClF2N/c1-8-2-3-9(15)6-12(8)14(18)11-5-4-10(16)7-13(11)17/h2-7,14H,18H2,1H3. The van der Waals surface area contributed by atoms with Crippen molar-refractivity contribution in [1.82, 2.24) is 0 Å². The molecule has 0 saturated carbocycles. The second kappa shape index (κ2) is 5.04. The van der Waals surface area contributed by atoms with Gasteiger partial charge in [0.25, 0.3) is 0 Å². The first-order chi connectivity index (χ1) is 8.49. The summed E-state index contributed by atoms with van der Waals surface area (Å²) in [5, 5.41) is 0.536. The van der Waals surface area contributed by atoms with Crippen LogP contribution in [0.25, 0.3) is 0 Å². The molecule has 0 saturated heterocycles. The molecule has 0 spiro atoms. The molecule has 1 nitrogen and oxygen atoms in total. The van der Waals surface area contributed by atoms with Crippen LogP contribution >= 0.6 is 11.6 Å². The molecule has 0 aliphatic carbocycles. The Bertz CT molecular complexity index is 584. The summed E-state index contributed by atoms with van der Waals surface area (Å²) in [6.45, 7) is 1.87. The van der Waals surface area contributed by atoms with Crippen molar-refractivity contribution < 1.29 is 8.78 Å². The van der Waals surface area contributed by atoms with Gasteiger partial charge in [-0.25, -0.2) is 8.78 Å². The van der Waals surface area contributed by atoms with Crippen LogP contribution in [-0.2, 0) is 0 Å². The monoisotopic (exact) mass is 267 g/mol. The zero-order valence-corrected chi connectivity index (χ0v) is 10.5. The van der Waals surface area contributed by atoms with Gasteiger partial charge in [-0.1, -0.05) is 23.7 Å². The molecule has 4 heteroatoms. The lowest BCUT2D eigenvalue weighted by molar-refractivity contribution is 0.565. The first kappa shape index (κ1) is 13.0. The van der Waals surface area contributed by atoms with Crippen molar-refractivity contribution in [2.75, 3.05) is 0 Å². The normalized spacial score (nSPS) is 12.5. The van der Waals surface area contributed by atoms with Crippen LogP contribution in [0.3, 0.4) is 0 Å². The lowest BCUT2D eigenvalue weighted by Crippen LogP contribution is -2.15. The number of halogens is 3. The molecule has 0 amide bonds. The van der Waals surface area contributed by atoms with Crippen LogP contribution in [0.1, 0.15) is 22.7 Å². The van der Waals surface area contributed by atoms with E-state index in [1.165, 1.54) is 12.1 Å². The summed E-state index contributed by atoms with van der Waals surface area (Å²) in [7, 11) is 0. The van der Waals surface area contributed by atoms with E-state index >= 15 is 0 Å². The van der Waals surface area contributed by atoms with Crippen LogP contribution in [0.2, 0.25) is 5.02 Å². The number of hydrogen-bond donors (Lipinski definition) is 1. The highest BCUT2D eigenvalue weighted by Crippen LogP contribution is 2.27. The second-order valence-electron chi connectivity index (χ2n) is 4.14. The molecule has 2 rings (SSSR count). The summed E-state index contributed by atoms with van der Waals surface area (Å²) in [5.74, 6) is -1.27. The average Bonchev–Trinajstić information content (AvgIpc) is 2.31. The number of aryl methyl sites for hydroxylation is 1. The van der Waals surface area contributed by atoms with Gasteiger partial charge in [-0.05, 0) is 36.2 Å². The minimum atomic E-state index is -0.663. The highest BCUT2D eigenvalue weighted by atomic mass is 35.5. The van der Waals surface area contributed by atoms with Crippen molar-refractivity contribution in [3.63, 3.8) is 0 Å². The largest absolute Gasteiger partial charge is 0.320 e. The topological polar surface area (TPSA) is 26.0 Å². The maximum absolute atomic E-state index is 13.7. The molecule has 0 heterocycles. The van der Waals surface area contributed by atoms with E-state index in [0.717, 1.165) is 17.2 Å². The predicted molar refractivity (Wildman–Crippen MR) is 68.6 cm³/mol. The van der Waals surface area contributed by atoms with Crippen LogP contribution < -0.4 is 5.73 Å². The van der Waals surface area contributed by atoms with Gasteiger partial charge in [0.1, 0.15) is 11.6 Å². The second-order valence-corrected chi connectivity index (χ2v) is 4.58. The lowest BCUT2D eigenvalue weighted by atomic mass is 9.95. The molecule has 0 radical (unpaired) electrons. The third kappa shape index (κ3) is 2.52. The van der Waals surface area contributed by atoms with Gasteiger partial charge in [0.15, 0.2) is 0 Å². The van der Waals surface area contributed by atoms with E-state index in [2.05, 4.69) is 0 Å². The third-order valence-corrected chi connectivity index (χ3v) is 3.11. The Kier molecular flexibility index (Phi) is 3.64. The molecule has 0 bridgehead atoms. The molecule has 1 atom stereocenters. The van der Waals surface area contributed by atoms with Crippen molar-refractivity contribution in [3.05, 3.63) is 69.7 Å². The van der Waals surface area contributed by atoms with E-state index in [1.807, 2.05) is 13.0 Å². The van der Waals surface area contributed by atoms with E-state index in [9.17, 15) is 8.78 Å². The smallest absolute Gasteiger partial charge is 0.131 e. The van der Waals surface area contributed by atoms with Crippen molar-refractivity contribution in [1.29, 1.82) is 0 Å². The highest BCUT2D eigenvalue weighted by molar-refractivity contribution is 6.30. The zero-order valence-electron chi connectivity index (χ0n) is 9.75. The Balaban J connectivity index is 2.47. The number of benzene rings is 2. The van der Waals surface area contributed by atoms with Crippen molar-refractivity contribution in [2.45, 2.75) is 13.0 Å². The van der Waals surface area contributed by atoms with Crippen molar-refractivity contribution in [2.24, 2.45) is 5.73 Å². The van der Waals surface area contributed by atoms with Gasteiger partial charge in [0, 0.05) is 16.7 Å². The van der Waals surface area contributed by atoms with E-state index < -0.39 is 17.7 Å². The molecule has 0 fully saturated rings. The Morgan fingerprint density at radius 1 is 1.06 bits per heavy atom. The van der Waals surface area contributed by atoms with Crippen molar-refractivity contribution in [3.8, 4) is 0 Å². The van der Waals surface area contributed by atoms with Gasteiger partial charge in [-0.2, -0.15) is 0 Å². The third-order valence-electron chi connectivity index (χ3n) is 2.87. The quantitative estimate of drug-likeness (QED) is 0.875. The Hall–Kier alpha value is -1.45. The predicted octanol–water partition coefficient (Wildman–Crippen LogP) is 3.97. The van der Waals surface area contributed by atoms with Gasteiger partial charge in [-0.15, -0.1) is 0 Å². The fourth-order valence-corrected chi connectivity index (χ4v) is 2.05. The van der Waals surface area contributed by atoms with Gasteiger partial charge >= 0.3 is 0 Å². The molecule has 1 unspecified atom stereocenters. The van der Waals surface area contributed by atoms with Crippen LogP contribution in [0.15, 0.2) is 36.4 Å². The summed E-state index contributed by atoms with van der Waals surface area (Å²) < 4.78 is 26.5. The molecule has 94 valence electrons. The highest BCUT2D eigenvalue weighted by Gasteiger charge is 2.16. The summed E-state index contributed by atoms with van der Waals surface area (Å²) in [6.07, 6.45) is 0. The SMILES string of the molecule is Cc1ccc(Cl)cc1C(N)c1ccc(F)cc1F. The Morgan fingerprint density at radius 3 is 2.44 bits per heavy atom. The number of rotatable bonds is 2. The van der Waals surface area contributed by atoms with Crippen molar-refractivity contribution >= 4 is 11.6 Å². The minimum Gasteiger partial charge on any atom is -0.320 e.